The molecule has 0 radical (unpaired) electrons. The van der Waals surface area contributed by atoms with E-state index >= 15 is 0 Å². The second-order valence-corrected chi connectivity index (χ2v) is 3.02. The first-order valence-corrected chi connectivity index (χ1v) is 3.17. The predicted molar refractivity (Wildman–Crippen MR) is 37.4 cm³/mol. The van der Waals surface area contributed by atoms with E-state index in [0.29, 0.717) is 6.42 Å². The highest BCUT2D eigenvalue weighted by molar-refractivity contribution is 5.74. The number of nitrogens with one attached hydrogen (secondary N) is 1. The molecule has 0 saturated heterocycles. The Morgan fingerprint density at radius 2 is 2.20 bits per heavy atom. The fourth-order valence-electron chi connectivity index (χ4n) is 0.492. The van der Waals surface area contributed by atoms with Crippen LogP contribution in [0.25, 0.3) is 0 Å². The molecule has 0 aromatic carbocycles. The van der Waals surface area contributed by atoms with Crippen molar-refractivity contribution in [2.45, 2.75) is 32.2 Å². The third kappa shape index (κ3) is 5.53. The number of nitrogens with two attached hydrogens (primary N) is 1. The molecule has 0 saturated carbocycles. The molecule has 4 nitrogen and oxygen atoms in total. The summed E-state index contributed by atoms with van der Waals surface area (Å²) in [5, 5.41) is 8.09. The van der Waals surface area contributed by atoms with Crippen molar-refractivity contribution in [3.63, 3.8) is 0 Å². The van der Waals surface area contributed by atoms with Gasteiger partial charge in [0.1, 0.15) is 0 Å². The lowest BCUT2D eigenvalue weighted by Crippen LogP contribution is -2.33. The smallest absolute Gasteiger partial charge is 0.243 e. The van der Waals surface area contributed by atoms with Crippen molar-refractivity contribution in [3.8, 4) is 0 Å². The van der Waals surface area contributed by atoms with Gasteiger partial charge in [0.2, 0.25) is 5.91 Å². The molecule has 0 unspecified atom stereocenters. The van der Waals surface area contributed by atoms with Gasteiger partial charge in [0.25, 0.3) is 0 Å². The van der Waals surface area contributed by atoms with Gasteiger partial charge >= 0.3 is 0 Å². The molecule has 0 heterocycles. The van der Waals surface area contributed by atoms with Crippen LogP contribution in [0.3, 0.4) is 0 Å². The highest BCUT2D eigenvalue weighted by atomic mass is 16.5. The van der Waals surface area contributed by atoms with Gasteiger partial charge in [-0.15, -0.1) is 0 Å². The van der Waals surface area contributed by atoms with Gasteiger partial charge in [-0.2, -0.15) is 0 Å². The lowest BCUT2D eigenvalue weighted by Gasteiger charge is -2.16. The molecule has 0 bridgehead atoms. The zero-order valence-electron chi connectivity index (χ0n) is 6.35. The third-order valence-corrected chi connectivity index (χ3v) is 1.12. The standard InChI is InChI=1S/C6H14N2O2/c1-6(2,7)4-3-5(9)8-10/h10H,3-4,7H2,1-2H3,(H,8,9). The van der Waals surface area contributed by atoms with Crippen molar-refractivity contribution in [1.82, 2.24) is 5.48 Å². The fraction of sp³-hybridized carbons (Fsp3) is 0.833. The van der Waals surface area contributed by atoms with Crippen LogP contribution in [0.15, 0.2) is 0 Å². The van der Waals surface area contributed by atoms with Crippen molar-refractivity contribution >= 4 is 5.91 Å². The summed E-state index contributed by atoms with van der Waals surface area (Å²) >= 11 is 0. The largest absolute Gasteiger partial charge is 0.326 e. The first-order valence-electron chi connectivity index (χ1n) is 3.17. The minimum atomic E-state index is -0.390. The maximum Gasteiger partial charge on any atom is 0.243 e. The molecule has 60 valence electrons. The van der Waals surface area contributed by atoms with E-state index in [4.69, 9.17) is 10.9 Å². The van der Waals surface area contributed by atoms with Gasteiger partial charge < -0.3 is 5.73 Å². The van der Waals surface area contributed by atoms with Crippen LogP contribution >= 0.6 is 0 Å². The highest BCUT2D eigenvalue weighted by Crippen LogP contribution is 2.05. The molecule has 0 fully saturated rings. The van der Waals surface area contributed by atoms with E-state index < -0.39 is 5.91 Å². The van der Waals surface area contributed by atoms with Crippen LogP contribution in [0.1, 0.15) is 26.7 Å². The molecule has 0 rings (SSSR count). The first kappa shape index (κ1) is 9.39. The van der Waals surface area contributed by atoms with Gasteiger partial charge in [-0.3, -0.25) is 10.0 Å². The predicted octanol–water partition coefficient (Wildman–Crippen LogP) is 0.00930. The molecule has 0 spiro atoms. The fourth-order valence-corrected chi connectivity index (χ4v) is 0.492. The zero-order valence-corrected chi connectivity index (χ0v) is 6.35. The number of rotatable bonds is 3. The molecule has 0 aliphatic rings. The van der Waals surface area contributed by atoms with Gasteiger partial charge in [0.15, 0.2) is 0 Å². The molecule has 0 aliphatic carbocycles. The van der Waals surface area contributed by atoms with Crippen LogP contribution in [0, 0.1) is 0 Å². The van der Waals surface area contributed by atoms with Gasteiger partial charge in [-0.1, -0.05) is 0 Å². The Bertz CT molecular complexity index is 117. The summed E-state index contributed by atoms with van der Waals surface area (Å²) < 4.78 is 0. The molecule has 4 heteroatoms. The Labute approximate surface area is 60.4 Å². The number of amides is 1. The number of carbonyl (C=O) groups excluding carboxylic acids is 1. The van der Waals surface area contributed by atoms with E-state index in [-0.39, 0.29) is 12.0 Å². The van der Waals surface area contributed by atoms with Crippen molar-refractivity contribution in [2.24, 2.45) is 5.73 Å². The second kappa shape index (κ2) is 3.53. The summed E-state index contributed by atoms with van der Waals surface area (Å²) in [4.78, 5) is 10.4. The van der Waals surface area contributed by atoms with Gasteiger partial charge in [-0.25, -0.2) is 5.48 Å². The van der Waals surface area contributed by atoms with Crippen LogP contribution in [0.2, 0.25) is 0 Å². The molecule has 0 aliphatic heterocycles. The average Bonchev–Trinajstić information content (AvgIpc) is 1.81. The Kier molecular flexibility index (Phi) is 3.32. The normalized spacial score (nSPS) is 11.2. The summed E-state index contributed by atoms with van der Waals surface area (Å²) in [5.74, 6) is -0.390. The third-order valence-electron chi connectivity index (χ3n) is 1.12. The summed E-state index contributed by atoms with van der Waals surface area (Å²) in [5.41, 5.74) is 6.78. The number of hydrogen-bond acceptors (Lipinski definition) is 3. The summed E-state index contributed by atoms with van der Waals surface area (Å²) in [6.45, 7) is 3.66. The molecule has 0 atom stereocenters. The maximum atomic E-state index is 10.4. The van der Waals surface area contributed by atoms with Crippen LogP contribution in [-0.2, 0) is 4.79 Å². The van der Waals surface area contributed by atoms with Crippen molar-refractivity contribution < 1.29 is 10.0 Å². The zero-order chi connectivity index (χ0) is 8.20. The Hall–Kier alpha value is -0.610. The van der Waals surface area contributed by atoms with Crippen LogP contribution in [0.4, 0.5) is 0 Å². The van der Waals surface area contributed by atoms with Crippen molar-refractivity contribution in [1.29, 1.82) is 0 Å². The first-order chi connectivity index (χ1) is 4.45. The van der Waals surface area contributed by atoms with E-state index in [2.05, 4.69) is 0 Å². The maximum absolute atomic E-state index is 10.4. The lowest BCUT2D eigenvalue weighted by molar-refractivity contribution is -0.129. The summed E-state index contributed by atoms with van der Waals surface area (Å²) in [7, 11) is 0. The number of carbonyl (C=O) groups is 1. The second-order valence-electron chi connectivity index (χ2n) is 3.02. The highest BCUT2D eigenvalue weighted by Gasteiger charge is 2.12. The van der Waals surface area contributed by atoms with E-state index in [0.717, 1.165) is 0 Å². The van der Waals surface area contributed by atoms with E-state index in [1.807, 2.05) is 13.8 Å². The molecule has 0 aromatic heterocycles. The molecule has 10 heavy (non-hydrogen) atoms. The minimum Gasteiger partial charge on any atom is -0.326 e. The molecular formula is C6H14N2O2. The molecular weight excluding hydrogens is 132 g/mol. The van der Waals surface area contributed by atoms with Gasteiger partial charge in [0, 0.05) is 12.0 Å². The monoisotopic (exact) mass is 146 g/mol. The minimum absolute atomic E-state index is 0.264. The summed E-state index contributed by atoms with van der Waals surface area (Å²) in [6.07, 6.45) is 0.833. The molecule has 0 aromatic rings. The quantitative estimate of drug-likeness (QED) is 0.388. The topological polar surface area (TPSA) is 75.4 Å². The van der Waals surface area contributed by atoms with Crippen molar-refractivity contribution in [3.05, 3.63) is 0 Å². The van der Waals surface area contributed by atoms with Crippen molar-refractivity contribution in [2.75, 3.05) is 0 Å². The van der Waals surface area contributed by atoms with Crippen LogP contribution < -0.4 is 11.2 Å². The van der Waals surface area contributed by atoms with E-state index in [1.165, 1.54) is 0 Å². The van der Waals surface area contributed by atoms with Gasteiger partial charge in [-0.05, 0) is 20.3 Å². The Morgan fingerprint density at radius 3 is 2.50 bits per heavy atom. The van der Waals surface area contributed by atoms with Crippen LogP contribution in [0.5, 0.6) is 0 Å². The lowest BCUT2D eigenvalue weighted by atomic mass is 10.0. The number of hydrogen-bond donors (Lipinski definition) is 3. The average molecular weight is 146 g/mol. The SMILES string of the molecule is CC(C)(N)CCC(=O)NO. The number of hydroxylamine groups is 1. The summed E-state index contributed by atoms with van der Waals surface area (Å²) in [6, 6.07) is 0. The van der Waals surface area contributed by atoms with Gasteiger partial charge in [0.05, 0.1) is 0 Å². The Balaban J connectivity index is 3.46. The van der Waals surface area contributed by atoms with Crippen LogP contribution in [-0.4, -0.2) is 16.7 Å². The van der Waals surface area contributed by atoms with E-state index in [9.17, 15) is 4.79 Å². The molecule has 1 amide bonds. The Morgan fingerprint density at radius 1 is 1.70 bits per heavy atom. The molecule has 4 N–H and O–H groups in total. The van der Waals surface area contributed by atoms with E-state index in [1.54, 1.807) is 5.48 Å².